The molecule has 1 saturated heterocycles. The van der Waals surface area contributed by atoms with Crippen LogP contribution in [0.15, 0.2) is 54.9 Å². The number of benzene rings is 1. The van der Waals surface area contributed by atoms with Gasteiger partial charge in [0.25, 0.3) is 0 Å². The quantitative estimate of drug-likeness (QED) is 0.679. The van der Waals surface area contributed by atoms with E-state index in [0.717, 1.165) is 18.4 Å². The maximum absolute atomic E-state index is 13.0. The van der Waals surface area contributed by atoms with E-state index in [2.05, 4.69) is 15.3 Å². The van der Waals surface area contributed by atoms with Gasteiger partial charge in [-0.25, -0.2) is 9.07 Å². The molecule has 1 fully saturated rings. The van der Waals surface area contributed by atoms with Gasteiger partial charge in [-0.05, 0) is 29.8 Å². The van der Waals surface area contributed by atoms with Gasteiger partial charge in [-0.15, -0.1) is 10.2 Å². The Morgan fingerprint density at radius 3 is 2.54 bits per heavy atom. The first-order chi connectivity index (χ1) is 13.7. The number of hydrogen-bond donors (Lipinski definition) is 0. The number of amides is 1. The lowest BCUT2D eigenvalue weighted by atomic mass is 10.1. The first-order valence-electron chi connectivity index (χ1n) is 9.20. The lowest BCUT2D eigenvalue weighted by Gasteiger charge is -2.32. The van der Waals surface area contributed by atoms with Crippen molar-refractivity contribution in [3.63, 3.8) is 0 Å². The zero-order valence-corrected chi connectivity index (χ0v) is 15.2. The van der Waals surface area contributed by atoms with Crippen molar-refractivity contribution in [3.8, 4) is 11.7 Å². The van der Waals surface area contributed by atoms with E-state index >= 15 is 0 Å². The fraction of sp³-hybridized carbons (Fsp3) is 0.300. The molecule has 1 aliphatic heterocycles. The fourth-order valence-corrected chi connectivity index (χ4v) is 3.18. The topological polar surface area (TPSA) is 73.1 Å². The van der Waals surface area contributed by atoms with Crippen molar-refractivity contribution in [2.24, 2.45) is 0 Å². The van der Waals surface area contributed by atoms with Crippen LogP contribution in [0.25, 0.3) is 5.82 Å². The number of aromatic nitrogens is 4. The van der Waals surface area contributed by atoms with Crippen molar-refractivity contribution in [1.82, 2.24) is 24.9 Å². The van der Waals surface area contributed by atoms with Crippen LogP contribution in [0.1, 0.15) is 18.4 Å². The summed E-state index contributed by atoms with van der Waals surface area (Å²) in [5.41, 5.74) is 0.817. The number of hydrogen-bond acceptors (Lipinski definition) is 5. The zero-order chi connectivity index (χ0) is 19.3. The molecule has 0 atom stereocenters. The Balaban J connectivity index is 1.27. The minimum atomic E-state index is -0.296. The van der Waals surface area contributed by atoms with Gasteiger partial charge >= 0.3 is 0 Å². The van der Waals surface area contributed by atoms with Crippen LogP contribution in [0, 0.1) is 5.82 Å². The van der Waals surface area contributed by atoms with Crippen LogP contribution < -0.4 is 4.74 Å². The second-order valence-electron chi connectivity index (χ2n) is 6.68. The Kier molecular flexibility index (Phi) is 5.27. The van der Waals surface area contributed by atoms with Crippen LogP contribution in [0.4, 0.5) is 4.39 Å². The predicted octanol–water partition coefficient (Wildman–Crippen LogP) is 2.41. The number of piperidine rings is 1. The molecule has 0 spiro atoms. The minimum Gasteiger partial charge on any atom is -0.473 e. The van der Waals surface area contributed by atoms with Crippen molar-refractivity contribution in [1.29, 1.82) is 0 Å². The van der Waals surface area contributed by atoms with E-state index in [4.69, 9.17) is 4.74 Å². The van der Waals surface area contributed by atoms with Crippen molar-refractivity contribution < 1.29 is 13.9 Å². The summed E-state index contributed by atoms with van der Waals surface area (Å²) in [4.78, 5) is 14.3. The van der Waals surface area contributed by atoms with Gasteiger partial charge in [0.2, 0.25) is 11.8 Å². The Bertz CT molecular complexity index is 905. The molecule has 144 valence electrons. The van der Waals surface area contributed by atoms with E-state index in [0.29, 0.717) is 24.8 Å². The van der Waals surface area contributed by atoms with Gasteiger partial charge in [0, 0.05) is 44.4 Å². The third-order valence-corrected chi connectivity index (χ3v) is 4.72. The highest BCUT2D eigenvalue weighted by molar-refractivity contribution is 5.78. The lowest BCUT2D eigenvalue weighted by Crippen LogP contribution is -2.42. The largest absolute Gasteiger partial charge is 0.473 e. The first-order valence-corrected chi connectivity index (χ1v) is 9.20. The van der Waals surface area contributed by atoms with Gasteiger partial charge in [-0.3, -0.25) is 4.79 Å². The summed E-state index contributed by atoms with van der Waals surface area (Å²) in [5.74, 6) is 0.842. The van der Waals surface area contributed by atoms with Gasteiger partial charge in [-0.1, -0.05) is 12.1 Å². The highest BCUT2D eigenvalue weighted by Crippen LogP contribution is 2.18. The van der Waals surface area contributed by atoms with Gasteiger partial charge < -0.3 is 9.64 Å². The summed E-state index contributed by atoms with van der Waals surface area (Å²) in [6.07, 6.45) is 5.22. The van der Waals surface area contributed by atoms with Crippen LogP contribution in [0.3, 0.4) is 0 Å². The Labute approximate surface area is 161 Å². The van der Waals surface area contributed by atoms with Crippen molar-refractivity contribution in [2.45, 2.75) is 25.4 Å². The third kappa shape index (κ3) is 4.33. The average Bonchev–Trinajstić information content (AvgIpc) is 3.26. The molecule has 0 aliphatic carbocycles. The molecule has 0 radical (unpaired) electrons. The maximum atomic E-state index is 13.0. The zero-order valence-electron chi connectivity index (χ0n) is 15.2. The Hall–Kier alpha value is -3.29. The molecule has 1 aromatic carbocycles. The summed E-state index contributed by atoms with van der Waals surface area (Å²) in [6.45, 7) is 1.26. The average molecular weight is 381 g/mol. The van der Waals surface area contributed by atoms with Crippen LogP contribution in [0.2, 0.25) is 0 Å². The molecule has 1 aliphatic rings. The fourth-order valence-electron chi connectivity index (χ4n) is 3.18. The SMILES string of the molecule is O=C(Cc1ccc(F)cc1)N1CCC(Oc2ccc(-n3cccn3)nn2)CC1. The molecule has 0 unspecified atom stereocenters. The molecule has 3 aromatic rings. The van der Waals surface area contributed by atoms with E-state index in [1.165, 1.54) is 12.1 Å². The standard InChI is InChI=1S/C20H20FN5O2/c21-16-4-2-15(3-5-16)14-20(27)25-12-8-17(9-13-25)28-19-7-6-18(23-24-19)26-11-1-10-22-26/h1-7,10-11,17H,8-9,12-14H2. The van der Waals surface area contributed by atoms with E-state index in [9.17, 15) is 9.18 Å². The normalized spacial score (nSPS) is 14.8. The number of carbonyl (C=O) groups is 1. The molecule has 2 aromatic heterocycles. The van der Waals surface area contributed by atoms with E-state index in [1.54, 1.807) is 41.3 Å². The van der Waals surface area contributed by atoms with Gasteiger partial charge in [-0.2, -0.15) is 5.10 Å². The van der Waals surface area contributed by atoms with E-state index < -0.39 is 0 Å². The molecule has 0 saturated carbocycles. The smallest absolute Gasteiger partial charge is 0.233 e. The molecule has 0 bridgehead atoms. The van der Waals surface area contributed by atoms with E-state index in [1.807, 2.05) is 11.0 Å². The molecule has 4 rings (SSSR count). The lowest BCUT2D eigenvalue weighted by molar-refractivity contribution is -0.132. The summed E-state index contributed by atoms with van der Waals surface area (Å²) in [6, 6.07) is 11.4. The number of halogens is 1. The molecule has 28 heavy (non-hydrogen) atoms. The third-order valence-electron chi connectivity index (χ3n) is 4.72. The Morgan fingerprint density at radius 1 is 1.11 bits per heavy atom. The van der Waals surface area contributed by atoms with Crippen LogP contribution in [-0.4, -0.2) is 50.0 Å². The Morgan fingerprint density at radius 2 is 1.89 bits per heavy atom. The van der Waals surface area contributed by atoms with E-state index in [-0.39, 0.29) is 24.2 Å². The van der Waals surface area contributed by atoms with Crippen molar-refractivity contribution in [3.05, 3.63) is 66.2 Å². The summed E-state index contributed by atoms with van der Waals surface area (Å²) >= 11 is 0. The second kappa shape index (κ2) is 8.16. The molecular formula is C20H20FN5O2. The predicted molar refractivity (Wildman–Crippen MR) is 99.5 cm³/mol. The van der Waals surface area contributed by atoms with Crippen LogP contribution >= 0.6 is 0 Å². The second-order valence-corrected chi connectivity index (χ2v) is 6.68. The number of likely N-dealkylation sites (tertiary alicyclic amines) is 1. The first kappa shape index (κ1) is 18.1. The summed E-state index contributed by atoms with van der Waals surface area (Å²) in [7, 11) is 0. The van der Waals surface area contributed by atoms with Gasteiger partial charge in [0.05, 0.1) is 6.42 Å². The molecule has 1 amide bonds. The van der Waals surface area contributed by atoms with Gasteiger partial charge in [0.1, 0.15) is 11.9 Å². The number of nitrogens with zero attached hydrogens (tertiary/aromatic N) is 5. The number of rotatable bonds is 5. The molecule has 7 nitrogen and oxygen atoms in total. The highest BCUT2D eigenvalue weighted by Gasteiger charge is 2.24. The van der Waals surface area contributed by atoms with Crippen molar-refractivity contribution >= 4 is 5.91 Å². The minimum absolute atomic E-state index is 0.000255. The summed E-state index contributed by atoms with van der Waals surface area (Å²) < 4.78 is 20.5. The van der Waals surface area contributed by atoms with Crippen molar-refractivity contribution in [2.75, 3.05) is 13.1 Å². The van der Waals surface area contributed by atoms with Crippen LogP contribution in [-0.2, 0) is 11.2 Å². The molecular weight excluding hydrogens is 361 g/mol. The highest BCUT2D eigenvalue weighted by atomic mass is 19.1. The monoisotopic (exact) mass is 381 g/mol. The molecule has 3 heterocycles. The van der Waals surface area contributed by atoms with Crippen LogP contribution in [0.5, 0.6) is 5.88 Å². The molecule has 8 heteroatoms. The number of ether oxygens (including phenoxy) is 1. The maximum Gasteiger partial charge on any atom is 0.233 e. The number of carbonyl (C=O) groups excluding carboxylic acids is 1. The van der Waals surface area contributed by atoms with Gasteiger partial charge in [0.15, 0.2) is 5.82 Å². The molecule has 0 N–H and O–H groups in total. The summed E-state index contributed by atoms with van der Waals surface area (Å²) in [5, 5.41) is 12.3.